The van der Waals surface area contributed by atoms with Crippen LogP contribution in [0.3, 0.4) is 0 Å². The van der Waals surface area contributed by atoms with Crippen LogP contribution in [0.4, 0.5) is 4.79 Å². The maximum atomic E-state index is 11.5. The highest BCUT2D eigenvalue weighted by atomic mass is 16.5. The number of amides is 1. The lowest BCUT2D eigenvalue weighted by Gasteiger charge is -2.38. The second kappa shape index (κ2) is 15.3. The van der Waals surface area contributed by atoms with Crippen LogP contribution < -0.4 is 5.32 Å². The Morgan fingerprint density at radius 2 is 1.58 bits per heavy atom. The summed E-state index contributed by atoms with van der Waals surface area (Å²) in [5.74, 6) is 0. The number of rotatable bonds is 14. The van der Waals surface area contributed by atoms with Crippen LogP contribution >= 0.6 is 0 Å². The Labute approximate surface area is 162 Å². The van der Waals surface area contributed by atoms with Crippen LogP contribution in [-0.2, 0) is 4.74 Å². The molecule has 0 aromatic carbocycles. The first kappa shape index (κ1) is 23.3. The third kappa shape index (κ3) is 10.4. The molecular weight excluding hydrogens is 324 g/mol. The summed E-state index contributed by atoms with van der Waals surface area (Å²) in [6.07, 6.45) is 18.2. The molecule has 1 aliphatic heterocycles. The quantitative estimate of drug-likeness (QED) is 0.388. The zero-order chi connectivity index (χ0) is 19.0. The number of nitrogens with one attached hydrogen (secondary N) is 1. The molecule has 0 bridgehead atoms. The molecule has 26 heavy (non-hydrogen) atoms. The van der Waals surface area contributed by atoms with Gasteiger partial charge in [-0.05, 0) is 32.2 Å². The molecule has 1 atom stereocenters. The largest absolute Gasteiger partial charge is 0.453 e. The number of alkyl carbamates (subject to hydrolysis) is 1. The van der Waals surface area contributed by atoms with Gasteiger partial charge in [-0.2, -0.15) is 0 Å². The Morgan fingerprint density at radius 1 is 1.00 bits per heavy atom. The molecule has 0 aromatic heterocycles. The lowest BCUT2D eigenvalue weighted by molar-refractivity contribution is 0.112. The van der Waals surface area contributed by atoms with Gasteiger partial charge in [0.25, 0.3) is 0 Å². The van der Waals surface area contributed by atoms with Crippen molar-refractivity contribution in [2.45, 2.75) is 116 Å². The molecule has 0 saturated carbocycles. The number of hydrogen-bond donors (Lipinski definition) is 1. The van der Waals surface area contributed by atoms with Gasteiger partial charge in [-0.3, -0.25) is 4.90 Å². The molecule has 0 aromatic rings. The van der Waals surface area contributed by atoms with E-state index in [0.29, 0.717) is 6.04 Å². The van der Waals surface area contributed by atoms with Crippen LogP contribution in [0.15, 0.2) is 0 Å². The maximum Gasteiger partial charge on any atom is 0.407 e. The minimum atomic E-state index is -0.285. The number of piperidine rings is 1. The van der Waals surface area contributed by atoms with Crippen LogP contribution in [0, 0.1) is 0 Å². The minimum Gasteiger partial charge on any atom is -0.453 e. The Hall–Kier alpha value is -0.770. The van der Waals surface area contributed by atoms with Crippen molar-refractivity contribution in [1.29, 1.82) is 0 Å². The van der Waals surface area contributed by atoms with Crippen LogP contribution in [0.2, 0.25) is 0 Å². The van der Waals surface area contributed by atoms with E-state index in [0.717, 1.165) is 13.0 Å². The summed E-state index contributed by atoms with van der Waals surface area (Å²) in [5, 5.41) is 3.02. The van der Waals surface area contributed by atoms with Gasteiger partial charge in [-0.1, -0.05) is 78.1 Å². The monoisotopic (exact) mass is 368 g/mol. The molecule has 1 saturated heterocycles. The van der Waals surface area contributed by atoms with E-state index < -0.39 is 0 Å². The summed E-state index contributed by atoms with van der Waals surface area (Å²) < 4.78 is 4.78. The Balaban J connectivity index is 2.44. The second-order valence-corrected chi connectivity index (χ2v) is 8.03. The van der Waals surface area contributed by atoms with Crippen LogP contribution in [0.25, 0.3) is 0 Å². The molecule has 1 aliphatic rings. The predicted molar refractivity (Wildman–Crippen MR) is 111 cm³/mol. The number of carbonyl (C=O) groups excluding carboxylic acids is 1. The van der Waals surface area contributed by atoms with Crippen molar-refractivity contribution in [3.8, 4) is 0 Å². The zero-order valence-electron chi connectivity index (χ0n) is 17.7. The highest BCUT2D eigenvalue weighted by Gasteiger charge is 2.26. The molecule has 1 heterocycles. The number of hydrogen-bond acceptors (Lipinski definition) is 3. The molecule has 0 spiro atoms. The van der Waals surface area contributed by atoms with Crippen LogP contribution in [0.5, 0.6) is 0 Å². The molecule has 4 heteroatoms. The van der Waals surface area contributed by atoms with Gasteiger partial charge in [0.2, 0.25) is 0 Å². The number of unbranched alkanes of at least 4 members (excludes halogenated alkanes) is 8. The van der Waals surface area contributed by atoms with E-state index in [-0.39, 0.29) is 12.1 Å². The molecule has 154 valence electrons. The van der Waals surface area contributed by atoms with Gasteiger partial charge in [0.1, 0.15) is 0 Å². The fourth-order valence-corrected chi connectivity index (χ4v) is 4.16. The topological polar surface area (TPSA) is 41.6 Å². The van der Waals surface area contributed by atoms with Crippen molar-refractivity contribution >= 4 is 6.09 Å². The fourth-order valence-electron chi connectivity index (χ4n) is 4.16. The molecule has 0 radical (unpaired) electrons. The van der Waals surface area contributed by atoms with E-state index in [2.05, 4.69) is 24.1 Å². The third-order valence-corrected chi connectivity index (χ3v) is 5.76. The van der Waals surface area contributed by atoms with E-state index in [1.807, 2.05) is 0 Å². The van der Waals surface area contributed by atoms with E-state index in [1.165, 1.54) is 97.1 Å². The number of methoxy groups -OCH3 is 1. The van der Waals surface area contributed by atoms with Crippen molar-refractivity contribution in [3.05, 3.63) is 0 Å². The number of ether oxygens (including phenoxy) is 1. The lowest BCUT2D eigenvalue weighted by Crippen LogP contribution is -2.51. The van der Waals surface area contributed by atoms with Gasteiger partial charge in [-0.25, -0.2) is 4.79 Å². The van der Waals surface area contributed by atoms with Crippen molar-refractivity contribution in [3.63, 3.8) is 0 Å². The van der Waals surface area contributed by atoms with E-state index in [9.17, 15) is 4.79 Å². The highest BCUT2D eigenvalue weighted by Crippen LogP contribution is 2.22. The first-order valence-electron chi connectivity index (χ1n) is 11.3. The van der Waals surface area contributed by atoms with Gasteiger partial charge in [0, 0.05) is 18.6 Å². The second-order valence-electron chi connectivity index (χ2n) is 8.03. The van der Waals surface area contributed by atoms with Crippen LogP contribution in [0.1, 0.15) is 104 Å². The molecule has 1 amide bonds. The number of likely N-dealkylation sites (tertiary alicyclic amines) is 1. The number of carbonyl (C=O) groups is 1. The normalized spacial score (nSPS) is 18.2. The summed E-state index contributed by atoms with van der Waals surface area (Å²) in [4.78, 5) is 14.2. The molecule has 1 fully saturated rings. The molecule has 4 nitrogen and oxygen atoms in total. The summed E-state index contributed by atoms with van der Waals surface area (Å²) >= 11 is 0. The van der Waals surface area contributed by atoms with Crippen molar-refractivity contribution < 1.29 is 9.53 Å². The SMILES string of the molecule is CCCCCCCC(CCCCCCC)N1CCCC(NC(=O)OC)C1. The average molecular weight is 369 g/mol. The number of nitrogens with zero attached hydrogens (tertiary/aromatic N) is 1. The summed E-state index contributed by atoms with van der Waals surface area (Å²) in [5.41, 5.74) is 0. The van der Waals surface area contributed by atoms with Crippen LogP contribution in [-0.4, -0.2) is 43.3 Å². The van der Waals surface area contributed by atoms with E-state index in [4.69, 9.17) is 4.74 Å². The molecule has 0 aliphatic carbocycles. The van der Waals surface area contributed by atoms with Gasteiger partial charge < -0.3 is 10.1 Å². The Morgan fingerprint density at radius 3 is 2.12 bits per heavy atom. The first-order valence-corrected chi connectivity index (χ1v) is 11.3. The van der Waals surface area contributed by atoms with Crippen molar-refractivity contribution in [2.75, 3.05) is 20.2 Å². The van der Waals surface area contributed by atoms with Gasteiger partial charge >= 0.3 is 6.09 Å². The Kier molecular flexibility index (Phi) is 13.7. The van der Waals surface area contributed by atoms with Gasteiger partial charge in [0.15, 0.2) is 0 Å². The fraction of sp³-hybridized carbons (Fsp3) is 0.955. The smallest absolute Gasteiger partial charge is 0.407 e. The lowest BCUT2D eigenvalue weighted by atomic mass is 9.96. The highest BCUT2D eigenvalue weighted by molar-refractivity contribution is 5.67. The van der Waals surface area contributed by atoms with E-state index in [1.54, 1.807) is 0 Å². The van der Waals surface area contributed by atoms with Crippen molar-refractivity contribution in [2.24, 2.45) is 0 Å². The summed E-state index contributed by atoms with van der Waals surface area (Å²) in [7, 11) is 1.45. The third-order valence-electron chi connectivity index (χ3n) is 5.76. The predicted octanol–water partition coefficient (Wildman–Crippen LogP) is 5.90. The standard InChI is InChI=1S/C22H44N2O2/c1-4-6-8-10-12-16-21(17-13-11-9-7-5-2)24-18-14-15-20(19-24)23-22(25)26-3/h20-21H,4-19H2,1-3H3,(H,23,25). The molecular formula is C22H44N2O2. The Bertz CT molecular complexity index is 335. The average Bonchev–Trinajstić information content (AvgIpc) is 2.66. The molecule has 1 unspecified atom stereocenters. The molecule has 1 rings (SSSR count). The first-order chi connectivity index (χ1) is 12.7. The summed E-state index contributed by atoms with van der Waals surface area (Å²) in [6.45, 7) is 6.74. The summed E-state index contributed by atoms with van der Waals surface area (Å²) in [6, 6.07) is 0.944. The van der Waals surface area contributed by atoms with Gasteiger partial charge in [0.05, 0.1) is 7.11 Å². The molecule has 1 N–H and O–H groups in total. The van der Waals surface area contributed by atoms with E-state index >= 15 is 0 Å². The minimum absolute atomic E-state index is 0.249. The van der Waals surface area contributed by atoms with Gasteiger partial charge in [-0.15, -0.1) is 0 Å². The maximum absolute atomic E-state index is 11.5. The zero-order valence-corrected chi connectivity index (χ0v) is 17.7. The van der Waals surface area contributed by atoms with Crippen molar-refractivity contribution in [1.82, 2.24) is 10.2 Å².